The maximum Gasteiger partial charge on any atom is 0.344 e. The lowest BCUT2D eigenvalue weighted by atomic mass is 10.1. The van der Waals surface area contributed by atoms with E-state index in [0.717, 1.165) is 35.3 Å². The molecule has 1 heterocycles. The van der Waals surface area contributed by atoms with Gasteiger partial charge in [0.05, 0.1) is 5.56 Å². The Balaban J connectivity index is 1.48. The molecule has 1 aliphatic rings. The molecule has 1 aromatic carbocycles. The van der Waals surface area contributed by atoms with Crippen molar-refractivity contribution in [2.75, 3.05) is 18.5 Å². The number of nitriles is 1. The molecule has 6 nitrogen and oxygen atoms in total. The average Bonchev–Trinajstić information content (AvgIpc) is 3.19. The molecule has 0 atom stereocenters. The van der Waals surface area contributed by atoms with E-state index in [2.05, 4.69) is 11.4 Å². The van der Waals surface area contributed by atoms with Crippen LogP contribution in [0.3, 0.4) is 0 Å². The first-order valence-corrected chi connectivity index (χ1v) is 9.56. The number of fused-ring (bicyclic) bond motifs is 1. The standard InChI is InChI=1S/C19H17ClN2O4S/c1-11-7-12(20)5-6-15(11)25-10-18(24)26-9-17(23)22-19-14(8-21)13-3-2-4-16(13)27-19/h5-7H,2-4,9-10H2,1H3,(H,22,23). The summed E-state index contributed by atoms with van der Waals surface area (Å²) in [5.74, 6) is -0.622. The van der Waals surface area contributed by atoms with Gasteiger partial charge in [0.25, 0.3) is 5.91 Å². The number of esters is 1. The van der Waals surface area contributed by atoms with E-state index in [0.29, 0.717) is 21.3 Å². The maximum atomic E-state index is 12.0. The van der Waals surface area contributed by atoms with Crippen molar-refractivity contribution in [3.63, 3.8) is 0 Å². The molecule has 0 spiro atoms. The number of amides is 1. The first kappa shape index (κ1) is 19.2. The Kier molecular flexibility index (Phi) is 5.99. The number of ether oxygens (including phenoxy) is 2. The SMILES string of the molecule is Cc1cc(Cl)ccc1OCC(=O)OCC(=O)Nc1sc2c(c1C#N)CCC2. The molecule has 0 bridgehead atoms. The van der Waals surface area contributed by atoms with Gasteiger partial charge in [-0.1, -0.05) is 11.6 Å². The van der Waals surface area contributed by atoms with Crippen LogP contribution < -0.4 is 10.1 Å². The van der Waals surface area contributed by atoms with E-state index in [1.807, 2.05) is 6.92 Å². The van der Waals surface area contributed by atoms with Crippen molar-refractivity contribution in [1.82, 2.24) is 0 Å². The lowest BCUT2D eigenvalue weighted by Crippen LogP contribution is -2.23. The van der Waals surface area contributed by atoms with E-state index in [-0.39, 0.29) is 6.61 Å². The number of hydrogen-bond acceptors (Lipinski definition) is 6. The fourth-order valence-electron chi connectivity index (χ4n) is 2.87. The summed E-state index contributed by atoms with van der Waals surface area (Å²) in [5.41, 5.74) is 2.35. The van der Waals surface area contributed by atoms with Crippen LogP contribution in [0, 0.1) is 18.3 Å². The summed E-state index contributed by atoms with van der Waals surface area (Å²) >= 11 is 7.28. The summed E-state index contributed by atoms with van der Waals surface area (Å²) < 4.78 is 10.3. The van der Waals surface area contributed by atoms with Crippen LogP contribution in [-0.2, 0) is 27.2 Å². The third kappa shape index (κ3) is 4.59. The van der Waals surface area contributed by atoms with E-state index in [1.165, 1.54) is 11.3 Å². The number of halogens is 1. The van der Waals surface area contributed by atoms with E-state index < -0.39 is 18.5 Å². The van der Waals surface area contributed by atoms with Gasteiger partial charge in [-0.3, -0.25) is 4.79 Å². The number of nitrogens with zero attached hydrogens (tertiary/aromatic N) is 1. The minimum atomic E-state index is -0.659. The monoisotopic (exact) mass is 404 g/mol. The van der Waals surface area contributed by atoms with Crippen molar-refractivity contribution in [3.05, 3.63) is 44.8 Å². The Labute approximate surface area is 165 Å². The smallest absolute Gasteiger partial charge is 0.344 e. The zero-order valence-electron chi connectivity index (χ0n) is 14.6. The van der Waals surface area contributed by atoms with Gasteiger partial charge in [-0.05, 0) is 55.5 Å². The molecule has 0 fully saturated rings. The Morgan fingerprint density at radius 1 is 1.33 bits per heavy atom. The predicted octanol–water partition coefficient (Wildman–Crippen LogP) is 3.63. The number of carbonyl (C=O) groups excluding carboxylic acids is 2. The average molecular weight is 405 g/mol. The lowest BCUT2D eigenvalue weighted by molar-refractivity contribution is -0.149. The molecule has 140 valence electrons. The molecule has 3 rings (SSSR count). The van der Waals surface area contributed by atoms with Crippen LogP contribution in [-0.4, -0.2) is 25.1 Å². The summed E-state index contributed by atoms with van der Waals surface area (Å²) in [5, 5.41) is 13.1. The van der Waals surface area contributed by atoms with Crippen LogP contribution in [0.5, 0.6) is 5.75 Å². The molecule has 1 N–H and O–H groups in total. The molecule has 27 heavy (non-hydrogen) atoms. The molecule has 0 aliphatic heterocycles. The molecule has 0 saturated carbocycles. The minimum absolute atomic E-state index is 0.313. The highest BCUT2D eigenvalue weighted by Gasteiger charge is 2.23. The second-order valence-corrected chi connectivity index (χ2v) is 7.62. The van der Waals surface area contributed by atoms with Crippen LogP contribution in [0.15, 0.2) is 18.2 Å². The van der Waals surface area contributed by atoms with Gasteiger partial charge in [0.15, 0.2) is 13.2 Å². The van der Waals surface area contributed by atoms with Gasteiger partial charge in [0.2, 0.25) is 0 Å². The second kappa shape index (κ2) is 8.42. The number of rotatable bonds is 6. The van der Waals surface area contributed by atoms with Crippen LogP contribution >= 0.6 is 22.9 Å². The van der Waals surface area contributed by atoms with E-state index in [4.69, 9.17) is 21.1 Å². The summed E-state index contributed by atoms with van der Waals surface area (Å²) in [6, 6.07) is 7.20. The Morgan fingerprint density at radius 3 is 2.89 bits per heavy atom. The lowest BCUT2D eigenvalue weighted by Gasteiger charge is -2.09. The molecule has 2 aromatic rings. The van der Waals surface area contributed by atoms with Crippen molar-refractivity contribution >= 4 is 39.8 Å². The van der Waals surface area contributed by atoms with Crippen LogP contribution in [0.2, 0.25) is 5.02 Å². The number of anilines is 1. The number of hydrogen-bond donors (Lipinski definition) is 1. The zero-order chi connectivity index (χ0) is 19.4. The Morgan fingerprint density at radius 2 is 2.15 bits per heavy atom. The maximum absolute atomic E-state index is 12.0. The largest absolute Gasteiger partial charge is 0.482 e. The van der Waals surface area contributed by atoms with Crippen molar-refractivity contribution in [2.45, 2.75) is 26.2 Å². The van der Waals surface area contributed by atoms with E-state index in [9.17, 15) is 14.9 Å². The molecule has 0 unspecified atom stereocenters. The quantitative estimate of drug-likeness (QED) is 0.742. The molecule has 8 heteroatoms. The van der Waals surface area contributed by atoms with Crippen molar-refractivity contribution in [3.8, 4) is 11.8 Å². The molecular weight excluding hydrogens is 388 g/mol. The number of thiophene rings is 1. The topological polar surface area (TPSA) is 88.4 Å². The third-order valence-corrected chi connectivity index (χ3v) is 5.58. The van der Waals surface area contributed by atoms with Gasteiger partial charge in [-0.2, -0.15) is 5.26 Å². The third-order valence-electron chi connectivity index (χ3n) is 4.13. The first-order valence-electron chi connectivity index (χ1n) is 8.37. The first-order chi connectivity index (χ1) is 13.0. The number of benzene rings is 1. The highest BCUT2D eigenvalue weighted by Crippen LogP contribution is 2.38. The van der Waals surface area contributed by atoms with E-state index in [1.54, 1.807) is 18.2 Å². The molecule has 0 saturated heterocycles. The number of nitrogens with one attached hydrogen (secondary N) is 1. The molecule has 1 amide bonds. The highest BCUT2D eigenvalue weighted by atomic mass is 35.5. The van der Waals surface area contributed by atoms with E-state index >= 15 is 0 Å². The summed E-state index contributed by atoms with van der Waals surface area (Å²) in [6.07, 6.45) is 2.83. The predicted molar refractivity (Wildman–Crippen MR) is 102 cm³/mol. The van der Waals surface area contributed by atoms with Crippen molar-refractivity contribution in [2.24, 2.45) is 0 Å². The molecule has 0 radical (unpaired) electrons. The van der Waals surface area contributed by atoms with Crippen LogP contribution in [0.4, 0.5) is 5.00 Å². The van der Waals surface area contributed by atoms with Gasteiger partial charge in [-0.25, -0.2) is 4.79 Å². The molecule has 1 aliphatic carbocycles. The van der Waals surface area contributed by atoms with Gasteiger partial charge in [-0.15, -0.1) is 11.3 Å². The second-order valence-electron chi connectivity index (χ2n) is 6.08. The van der Waals surface area contributed by atoms with Gasteiger partial charge in [0, 0.05) is 9.90 Å². The van der Waals surface area contributed by atoms with Gasteiger partial charge >= 0.3 is 5.97 Å². The zero-order valence-corrected chi connectivity index (χ0v) is 16.2. The normalized spacial score (nSPS) is 12.2. The van der Waals surface area contributed by atoms with Crippen molar-refractivity contribution < 1.29 is 19.1 Å². The van der Waals surface area contributed by atoms with Gasteiger partial charge < -0.3 is 14.8 Å². The highest BCUT2D eigenvalue weighted by molar-refractivity contribution is 7.16. The van der Waals surface area contributed by atoms with Gasteiger partial charge in [0.1, 0.15) is 16.8 Å². The Hall–Kier alpha value is -2.56. The number of carbonyl (C=O) groups is 2. The number of aryl methyl sites for hydroxylation is 2. The summed E-state index contributed by atoms with van der Waals surface area (Å²) in [7, 11) is 0. The van der Waals surface area contributed by atoms with Crippen molar-refractivity contribution in [1.29, 1.82) is 5.26 Å². The fourth-order valence-corrected chi connectivity index (χ4v) is 4.36. The Bertz CT molecular complexity index is 933. The molecular formula is C19H17ClN2O4S. The summed E-state index contributed by atoms with van der Waals surface area (Å²) in [4.78, 5) is 25.0. The summed E-state index contributed by atoms with van der Waals surface area (Å²) in [6.45, 7) is 1.06. The fraction of sp³-hybridized carbons (Fsp3) is 0.316. The minimum Gasteiger partial charge on any atom is -0.482 e. The van der Waals surface area contributed by atoms with Crippen LogP contribution in [0.25, 0.3) is 0 Å². The van der Waals surface area contributed by atoms with Crippen LogP contribution in [0.1, 0.15) is 28.0 Å². The molecule has 1 aromatic heterocycles.